The second-order valence-corrected chi connectivity index (χ2v) is 5.74. The Morgan fingerprint density at radius 1 is 1.32 bits per heavy atom. The predicted octanol–water partition coefficient (Wildman–Crippen LogP) is 0.901. The number of aliphatic carboxylic acids is 1. The van der Waals surface area contributed by atoms with Crippen molar-refractivity contribution in [3.8, 4) is 0 Å². The summed E-state index contributed by atoms with van der Waals surface area (Å²) in [5, 5.41) is 8.93. The molecule has 3 aliphatic rings. The summed E-state index contributed by atoms with van der Waals surface area (Å²) in [5.41, 5.74) is 0. The topological polar surface area (TPSA) is 66.8 Å². The van der Waals surface area contributed by atoms with Crippen molar-refractivity contribution in [2.24, 2.45) is 17.8 Å². The van der Waals surface area contributed by atoms with Gasteiger partial charge in [0.15, 0.2) is 0 Å². The van der Waals surface area contributed by atoms with Crippen LogP contribution in [0.2, 0.25) is 0 Å². The molecule has 2 fully saturated rings. The maximum Gasteiger partial charge on any atom is 0.305 e. The minimum absolute atomic E-state index is 0.0254. The van der Waals surface area contributed by atoms with Crippen molar-refractivity contribution in [1.29, 1.82) is 0 Å². The third-order valence-electron chi connectivity index (χ3n) is 4.52. The summed E-state index contributed by atoms with van der Waals surface area (Å²) < 4.78 is 5.32. The molecule has 1 amide bonds. The summed E-state index contributed by atoms with van der Waals surface area (Å²) in [5.74, 6) is 0.237. The van der Waals surface area contributed by atoms with Crippen molar-refractivity contribution < 1.29 is 19.4 Å². The van der Waals surface area contributed by atoms with E-state index in [2.05, 4.69) is 12.2 Å². The molecule has 0 radical (unpaired) electrons. The van der Waals surface area contributed by atoms with Crippen molar-refractivity contribution >= 4 is 11.9 Å². The number of carbonyl (C=O) groups is 2. The Bertz CT molecular complexity index is 420. The first-order valence-corrected chi connectivity index (χ1v) is 6.93. The SMILES string of the molecule is O=C(O)C[C@H]1COCCN1C(=O)[C@H]1C[C@H]2C=C[C@H]1C2. The zero-order valence-electron chi connectivity index (χ0n) is 10.8. The first kappa shape index (κ1) is 12.7. The number of nitrogens with zero attached hydrogens (tertiary/aromatic N) is 1. The quantitative estimate of drug-likeness (QED) is 0.770. The van der Waals surface area contributed by atoms with E-state index in [1.165, 1.54) is 0 Å². The van der Waals surface area contributed by atoms with Gasteiger partial charge >= 0.3 is 5.97 Å². The maximum atomic E-state index is 12.6. The lowest BCUT2D eigenvalue weighted by molar-refractivity contribution is -0.149. The highest BCUT2D eigenvalue weighted by atomic mass is 16.5. The van der Waals surface area contributed by atoms with Gasteiger partial charge in [-0.05, 0) is 24.7 Å². The standard InChI is InChI=1S/C14H19NO4/c16-13(17)7-11-8-19-4-3-15(11)14(18)12-6-9-1-2-10(12)5-9/h1-2,9-12H,3-8H2,(H,16,17)/t9-,10-,11-,12-/m0/s1. The van der Waals surface area contributed by atoms with E-state index < -0.39 is 5.97 Å². The van der Waals surface area contributed by atoms with Gasteiger partial charge in [-0.15, -0.1) is 0 Å². The summed E-state index contributed by atoms with van der Waals surface area (Å²) in [7, 11) is 0. The summed E-state index contributed by atoms with van der Waals surface area (Å²) >= 11 is 0. The van der Waals surface area contributed by atoms with Crippen LogP contribution >= 0.6 is 0 Å². The normalized spacial score (nSPS) is 36.7. The van der Waals surface area contributed by atoms with Gasteiger partial charge in [0.1, 0.15) is 0 Å². The fourth-order valence-corrected chi connectivity index (χ4v) is 3.59. The van der Waals surface area contributed by atoms with Gasteiger partial charge in [0, 0.05) is 12.5 Å². The van der Waals surface area contributed by atoms with E-state index in [9.17, 15) is 9.59 Å². The number of carboxylic acid groups (broad SMARTS) is 1. The number of hydrogen-bond acceptors (Lipinski definition) is 3. The predicted molar refractivity (Wildman–Crippen MR) is 67.4 cm³/mol. The number of carbonyl (C=O) groups excluding carboxylic acids is 1. The Morgan fingerprint density at radius 3 is 2.79 bits per heavy atom. The van der Waals surface area contributed by atoms with Crippen LogP contribution in [-0.2, 0) is 14.3 Å². The number of amides is 1. The molecule has 0 unspecified atom stereocenters. The molecule has 5 heteroatoms. The molecular formula is C14H19NO4. The molecule has 1 heterocycles. The van der Waals surface area contributed by atoms with Crippen molar-refractivity contribution in [3.05, 3.63) is 12.2 Å². The monoisotopic (exact) mass is 265 g/mol. The second-order valence-electron chi connectivity index (χ2n) is 5.74. The van der Waals surface area contributed by atoms with Gasteiger partial charge in [-0.25, -0.2) is 0 Å². The molecule has 1 saturated heterocycles. The van der Waals surface area contributed by atoms with Crippen LogP contribution in [0, 0.1) is 17.8 Å². The Labute approximate surface area is 112 Å². The number of allylic oxidation sites excluding steroid dienone is 2. The van der Waals surface area contributed by atoms with Crippen LogP contribution in [0.5, 0.6) is 0 Å². The minimum Gasteiger partial charge on any atom is -0.481 e. The maximum absolute atomic E-state index is 12.6. The molecule has 0 aromatic carbocycles. The molecule has 104 valence electrons. The molecule has 0 aromatic heterocycles. The van der Waals surface area contributed by atoms with E-state index in [1.807, 2.05) is 0 Å². The Kier molecular flexibility index (Phi) is 3.31. The lowest BCUT2D eigenvalue weighted by atomic mass is 9.91. The van der Waals surface area contributed by atoms with Crippen LogP contribution in [0.25, 0.3) is 0 Å². The van der Waals surface area contributed by atoms with Crippen LogP contribution in [-0.4, -0.2) is 47.7 Å². The third kappa shape index (κ3) is 2.39. The Hall–Kier alpha value is -1.36. The van der Waals surface area contributed by atoms with Crippen molar-refractivity contribution in [1.82, 2.24) is 4.90 Å². The van der Waals surface area contributed by atoms with Gasteiger partial charge in [0.05, 0.1) is 25.7 Å². The Morgan fingerprint density at radius 2 is 2.16 bits per heavy atom. The number of fused-ring (bicyclic) bond motifs is 2. The number of morpholine rings is 1. The minimum atomic E-state index is -0.874. The van der Waals surface area contributed by atoms with E-state index >= 15 is 0 Å². The van der Waals surface area contributed by atoms with Gasteiger partial charge in [-0.2, -0.15) is 0 Å². The van der Waals surface area contributed by atoms with E-state index in [4.69, 9.17) is 9.84 Å². The molecule has 1 saturated carbocycles. The molecule has 19 heavy (non-hydrogen) atoms. The molecular weight excluding hydrogens is 246 g/mol. The smallest absolute Gasteiger partial charge is 0.305 e. The molecule has 3 rings (SSSR count). The average Bonchev–Trinajstić information content (AvgIpc) is 3.00. The lowest BCUT2D eigenvalue weighted by Gasteiger charge is -2.37. The second kappa shape index (κ2) is 4.96. The molecule has 0 aromatic rings. The highest BCUT2D eigenvalue weighted by molar-refractivity contribution is 5.81. The molecule has 2 bridgehead atoms. The first-order valence-electron chi connectivity index (χ1n) is 6.93. The van der Waals surface area contributed by atoms with E-state index in [0.29, 0.717) is 31.6 Å². The highest BCUT2D eigenvalue weighted by Gasteiger charge is 2.43. The third-order valence-corrected chi connectivity index (χ3v) is 4.52. The fourth-order valence-electron chi connectivity index (χ4n) is 3.59. The zero-order valence-corrected chi connectivity index (χ0v) is 10.8. The van der Waals surface area contributed by atoms with Crippen molar-refractivity contribution in [2.75, 3.05) is 19.8 Å². The molecule has 5 nitrogen and oxygen atoms in total. The van der Waals surface area contributed by atoms with Gasteiger partial charge in [-0.1, -0.05) is 12.2 Å². The number of carboxylic acids is 1. The van der Waals surface area contributed by atoms with Gasteiger partial charge in [0.25, 0.3) is 0 Å². The van der Waals surface area contributed by atoms with Crippen LogP contribution in [0.4, 0.5) is 0 Å². The average molecular weight is 265 g/mol. The van der Waals surface area contributed by atoms with E-state index in [-0.39, 0.29) is 24.3 Å². The van der Waals surface area contributed by atoms with Crippen LogP contribution in [0.3, 0.4) is 0 Å². The fraction of sp³-hybridized carbons (Fsp3) is 0.714. The van der Waals surface area contributed by atoms with Crippen LogP contribution in [0.1, 0.15) is 19.3 Å². The van der Waals surface area contributed by atoms with Crippen LogP contribution < -0.4 is 0 Å². The molecule has 4 atom stereocenters. The summed E-state index contributed by atoms with van der Waals surface area (Å²) in [6.45, 7) is 1.38. The largest absolute Gasteiger partial charge is 0.481 e. The number of hydrogen-bond donors (Lipinski definition) is 1. The summed E-state index contributed by atoms with van der Waals surface area (Å²) in [4.78, 5) is 25.3. The zero-order chi connectivity index (χ0) is 13.4. The first-order chi connectivity index (χ1) is 9.15. The molecule has 2 aliphatic carbocycles. The van der Waals surface area contributed by atoms with Crippen LogP contribution in [0.15, 0.2) is 12.2 Å². The van der Waals surface area contributed by atoms with Crippen molar-refractivity contribution in [2.45, 2.75) is 25.3 Å². The van der Waals surface area contributed by atoms with E-state index in [1.54, 1.807) is 4.90 Å². The summed E-state index contributed by atoms with van der Waals surface area (Å²) in [6.07, 6.45) is 6.36. The molecule has 1 aliphatic heterocycles. The van der Waals surface area contributed by atoms with Gasteiger partial charge in [0.2, 0.25) is 5.91 Å². The molecule has 1 N–H and O–H groups in total. The lowest BCUT2D eigenvalue weighted by Crippen LogP contribution is -2.52. The Balaban J connectivity index is 1.70. The number of ether oxygens (including phenoxy) is 1. The summed E-state index contributed by atoms with van der Waals surface area (Å²) in [6, 6.07) is -0.304. The van der Waals surface area contributed by atoms with E-state index in [0.717, 1.165) is 12.8 Å². The molecule has 0 spiro atoms. The van der Waals surface area contributed by atoms with Gasteiger partial charge < -0.3 is 14.7 Å². The van der Waals surface area contributed by atoms with Crippen molar-refractivity contribution in [3.63, 3.8) is 0 Å². The van der Waals surface area contributed by atoms with Gasteiger partial charge in [-0.3, -0.25) is 9.59 Å². The highest BCUT2D eigenvalue weighted by Crippen LogP contribution is 2.44. The number of rotatable bonds is 3.